The fourth-order valence-electron chi connectivity index (χ4n) is 9.07. The minimum atomic E-state index is -0.523. The van der Waals surface area contributed by atoms with E-state index in [1.54, 1.807) is 0 Å². The van der Waals surface area contributed by atoms with Gasteiger partial charge in [0, 0.05) is 27.6 Å². The van der Waals surface area contributed by atoms with Crippen LogP contribution >= 0.6 is 0 Å². The predicted octanol–water partition coefficient (Wildman–Crippen LogP) is 13.7. The zero-order chi connectivity index (χ0) is 39.2. The summed E-state index contributed by atoms with van der Waals surface area (Å²) in [6, 6.07) is 79.8. The van der Waals surface area contributed by atoms with Gasteiger partial charge in [0.2, 0.25) is 0 Å². The molecule has 0 fully saturated rings. The third kappa shape index (κ3) is 5.86. The van der Waals surface area contributed by atoms with Gasteiger partial charge in [-0.1, -0.05) is 194 Å². The summed E-state index contributed by atoms with van der Waals surface area (Å²) in [4.78, 5) is 15.8. The highest BCUT2D eigenvalue weighted by Crippen LogP contribution is 2.57. The van der Waals surface area contributed by atoms with Crippen LogP contribution in [0.25, 0.3) is 78.3 Å². The number of nitrogens with zero attached hydrogens (tertiary/aromatic N) is 3. The Morgan fingerprint density at radius 3 is 1.39 bits per heavy atom. The topological polar surface area (TPSA) is 38.7 Å². The third-order valence-electron chi connectivity index (χ3n) is 11.8. The van der Waals surface area contributed by atoms with Gasteiger partial charge in [-0.25, -0.2) is 15.0 Å². The molecule has 0 N–H and O–H groups in total. The van der Waals surface area contributed by atoms with E-state index >= 15 is 0 Å². The summed E-state index contributed by atoms with van der Waals surface area (Å²) < 4.78 is 0. The molecule has 8 aromatic carbocycles. The van der Waals surface area contributed by atoms with Crippen molar-refractivity contribution >= 4 is 10.9 Å². The van der Waals surface area contributed by atoms with Gasteiger partial charge in [0.15, 0.2) is 5.82 Å². The van der Waals surface area contributed by atoms with Gasteiger partial charge in [-0.2, -0.15) is 0 Å². The lowest BCUT2D eigenvalue weighted by molar-refractivity contribution is 0.769. The molecule has 0 aliphatic heterocycles. The molecule has 3 heteroatoms. The van der Waals surface area contributed by atoms with Gasteiger partial charge in [-0.15, -0.1) is 0 Å². The van der Waals surface area contributed by atoms with Crippen molar-refractivity contribution in [2.24, 2.45) is 0 Å². The van der Waals surface area contributed by atoms with Gasteiger partial charge >= 0.3 is 0 Å². The average Bonchev–Trinajstić information content (AvgIpc) is 3.61. The van der Waals surface area contributed by atoms with E-state index in [2.05, 4.69) is 188 Å². The summed E-state index contributed by atoms with van der Waals surface area (Å²) >= 11 is 0. The zero-order valence-electron chi connectivity index (χ0n) is 32.2. The Balaban J connectivity index is 1.14. The first-order valence-electron chi connectivity index (χ1n) is 20.1. The molecular formula is C56H37N3. The lowest BCUT2D eigenvalue weighted by Gasteiger charge is -2.34. The molecule has 2 aromatic heterocycles. The molecule has 0 spiro atoms. The van der Waals surface area contributed by atoms with E-state index in [4.69, 9.17) is 15.0 Å². The molecule has 1 aliphatic carbocycles. The minimum absolute atomic E-state index is 0.523. The van der Waals surface area contributed by atoms with Crippen molar-refractivity contribution in [1.29, 1.82) is 0 Å². The summed E-state index contributed by atoms with van der Waals surface area (Å²) in [7, 11) is 0. The molecule has 59 heavy (non-hydrogen) atoms. The number of hydrogen-bond acceptors (Lipinski definition) is 3. The van der Waals surface area contributed by atoms with Gasteiger partial charge in [-0.3, -0.25) is 0 Å². The lowest BCUT2D eigenvalue weighted by atomic mass is 9.67. The SMILES string of the molecule is c1ccc(-c2cc(-c3ccccc3)nc(-c3cccc(-c4cc(-c5ccccc5)c5cc6c(cc5n4)C(c4ccccc4)(c4ccccc4)c4ccccc4-6)c3)n2)cc1. The maximum absolute atomic E-state index is 5.55. The van der Waals surface area contributed by atoms with E-state index in [1.807, 2.05) is 36.4 Å². The van der Waals surface area contributed by atoms with E-state index in [0.29, 0.717) is 5.82 Å². The summed E-state index contributed by atoms with van der Waals surface area (Å²) in [5.41, 5.74) is 16.8. The third-order valence-corrected chi connectivity index (χ3v) is 11.8. The van der Waals surface area contributed by atoms with E-state index in [9.17, 15) is 0 Å². The second-order valence-corrected chi connectivity index (χ2v) is 15.1. The molecule has 276 valence electrons. The number of rotatable bonds is 7. The van der Waals surface area contributed by atoms with Crippen LogP contribution in [-0.4, -0.2) is 15.0 Å². The van der Waals surface area contributed by atoms with Crippen LogP contribution in [0.15, 0.2) is 224 Å². The monoisotopic (exact) mass is 751 g/mol. The molecule has 0 saturated carbocycles. The Kier molecular flexibility index (Phi) is 8.37. The minimum Gasteiger partial charge on any atom is -0.248 e. The highest BCUT2D eigenvalue weighted by atomic mass is 14.9. The molecule has 2 heterocycles. The lowest BCUT2D eigenvalue weighted by Crippen LogP contribution is -2.28. The fourth-order valence-corrected chi connectivity index (χ4v) is 9.07. The van der Waals surface area contributed by atoms with Gasteiger partial charge in [0.25, 0.3) is 0 Å². The number of pyridine rings is 1. The molecule has 0 saturated heterocycles. The van der Waals surface area contributed by atoms with E-state index in [-0.39, 0.29) is 0 Å². The molecule has 11 rings (SSSR count). The standard InChI is InChI=1S/C56H37N3/c1-6-19-38(20-7-1)46-35-51(41-25-18-26-42(33-41)55-58-52(39-21-8-2-9-22-39)37-53(59-55)40-23-10-3-11-24-40)57-54-36-50-47(34-48(46)54)45-31-16-17-32-49(45)56(50,43-27-12-4-13-28-43)44-29-14-5-15-30-44/h1-37H. The largest absolute Gasteiger partial charge is 0.248 e. The molecule has 10 aromatic rings. The van der Waals surface area contributed by atoms with Crippen LogP contribution < -0.4 is 0 Å². The summed E-state index contributed by atoms with van der Waals surface area (Å²) in [5, 5.41) is 1.12. The number of fused-ring (bicyclic) bond motifs is 4. The first kappa shape index (κ1) is 34.5. The average molecular weight is 752 g/mol. The normalized spacial score (nSPS) is 12.5. The van der Waals surface area contributed by atoms with Crippen molar-refractivity contribution in [2.45, 2.75) is 5.41 Å². The Morgan fingerprint density at radius 2 is 0.780 bits per heavy atom. The number of aromatic nitrogens is 3. The van der Waals surface area contributed by atoms with Crippen molar-refractivity contribution in [3.8, 4) is 67.4 Å². The molecule has 3 nitrogen and oxygen atoms in total. The summed E-state index contributed by atoms with van der Waals surface area (Å²) in [5.74, 6) is 0.669. The second kappa shape index (κ2) is 14.3. The van der Waals surface area contributed by atoms with Crippen molar-refractivity contribution in [3.05, 3.63) is 247 Å². The van der Waals surface area contributed by atoms with Gasteiger partial charge < -0.3 is 0 Å². The molecule has 0 unspecified atom stereocenters. The van der Waals surface area contributed by atoms with Crippen LogP contribution in [0.3, 0.4) is 0 Å². The Hall–Kier alpha value is -7.75. The number of hydrogen-bond donors (Lipinski definition) is 0. The van der Waals surface area contributed by atoms with Gasteiger partial charge in [0.05, 0.1) is 28.0 Å². The summed E-state index contributed by atoms with van der Waals surface area (Å²) in [6.45, 7) is 0. The van der Waals surface area contributed by atoms with Crippen LogP contribution in [0.4, 0.5) is 0 Å². The number of benzene rings is 8. The zero-order valence-corrected chi connectivity index (χ0v) is 32.2. The van der Waals surface area contributed by atoms with Crippen LogP contribution in [0.5, 0.6) is 0 Å². The quantitative estimate of drug-likeness (QED) is 0.163. The first-order chi connectivity index (χ1) is 29.2. The van der Waals surface area contributed by atoms with Crippen molar-refractivity contribution in [3.63, 3.8) is 0 Å². The van der Waals surface area contributed by atoms with Crippen LogP contribution in [0.1, 0.15) is 22.3 Å². The predicted molar refractivity (Wildman–Crippen MR) is 242 cm³/mol. The molecule has 0 atom stereocenters. The van der Waals surface area contributed by atoms with Crippen LogP contribution in [-0.2, 0) is 5.41 Å². The van der Waals surface area contributed by atoms with E-state index < -0.39 is 5.41 Å². The Labute approximate surface area is 344 Å². The Morgan fingerprint density at radius 1 is 0.288 bits per heavy atom. The molecule has 1 aliphatic rings. The molecule has 0 bridgehead atoms. The molecular weight excluding hydrogens is 715 g/mol. The van der Waals surface area contributed by atoms with Gasteiger partial charge in [0.1, 0.15) is 0 Å². The second-order valence-electron chi connectivity index (χ2n) is 15.1. The highest BCUT2D eigenvalue weighted by Gasteiger charge is 2.46. The molecule has 0 amide bonds. The van der Waals surface area contributed by atoms with Gasteiger partial charge in [-0.05, 0) is 74.8 Å². The first-order valence-corrected chi connectivity index (χ1v) is 20.1. The van der Waals surface area contributed by atoms with Crippen LogP contribution in [0.2, 0.25) is 0 Å². The highest BCUT2D eigenvalue weighted by molar-refractivity contribution is 6.02. The summed E-state index contributed by atoms with van der Waals surface area (Å²) in [6.07, 6.45) is 0. The Bertz CT molecular complexity index is 3030. The van der Waals surface area contributed by atoms with E-state index in [0.717, 1.165) is 61.4 Å². The van der Waals surface area contributed by atoms with E-state index in [1.165, 1.54) is 33.4 Å². The smallest absolute Gasteiger partial charge is 0.160 e. The molecule has 0 radical (unpaired) electrons. The van der Waals surface area contributed by atoms with Crippen molar-refractivity contribution in [2.75, 3.05) is 0 Å². The maximum atomic E-state index is 5.55. The van der Waals surface area contributed by atoms with Crippen LogP contribution in [0, 0.1) is 0 Å². The maximum Gasteiger partial charge on any atom is 0.160 e. The fraction of sp³-hybridized carbons (Fsp3) is 0.0179. The van der Waals surface area contributed by atoms with Crippen molar-refractivity contribution < 1.29 is 0 Å². The van der Waals surface area contributed by atoms with Crippen molar-refractivity contribution in [1.82, 2.24) is 15.0 Å².